The number of aromatic nitrogens is 3. The minimum atomic E-state index is -0.185. The van der Waals surface area contributed by atoms with Crippen LogP contribution in [0.1, 0.15) is 35.9 Å². The van der Waals surface area contributed by atoms with Gasteiger partial charge in [0.05, 0.1) is 6.54 Å². The van der Waals surface area contributed by atoms with E-state index in [2.05, 4.69) is 20.5 Å². The van der Waals surface area contributed by atoms with Crippen LogP contribution < -0.4 is 10.1 Å². The molecule has 0 radical (unpaired) electrons. The first-order chi connectivity index (χ1) is 10.5. The number of hydrogen-bond acceptors (Lipinski definition) is 4. The van der Waals surface area contributed by atoms with Crippen molar-refractivity contribution in [3.05, 3.63) is 53.1 Å². The molecule has 0 aliphatic rings. The molecule has 2 N–H and O–H groups in total. The number of rotatable bonds is 6. The second-order valence-corrected chi connectivity index (χ2v) is 5.14. The van der Waals surface area contributed by atoms with Crippen molar-refractivity contribution in [2.24, 2.45) is 0 Å². The topological polar surface area (TPSA) is 79.9 Å². The van der Waals surface area contributed by atoms with Crippen LogP contribution in [-0.4, -0.2) is 27.7 Å². The summed E-state index contributed by atoms with van der Waals surface area (Å²) in [6, 6.07) is 7.08. The fourth-order valence-corrected chi connectivity index (χ4v) is 1.76. The number of carbonyl (C=O) groups is 1. The van der Waals surface area contributed by atoms with E-state index in [0.29, 0.717) is 23.7 Å². The van der Waals surface area contributed by atoms with Crippen LogP contribution in [0.2, 0.25) is 0 Å². The highest BCUT2D eigenvalue weighted by Gasteiger charge is 2.08. The van der Waals surface area contributed by atoms with Gasteiger partial charge in [0.2, 0.25) is 0 Å². The fraction of sp³-hybridized carbons (Fsp3) is 0.312. The summed E-state index contributed by atoms with van der Waals surface area (Å²) in [4.78, 5) is 16.3. The van der Waals surface area contributed by atoms with Gasteiger partial charge in [0, 0.05) is 5.56 Å². The number of benzene rings is 1. The maximum Gasteiger partial charge on any atom is 0.251 e. The van der Waals surface area contributed by atoms with Gasteiger partial charge in [0.25, 0.3) is 5.91 Å². The van der Waals surface area contributed by atoms with Crippen molar-refractivity contribution >= 4 is 5.91 Å². The zero-order valence-corrected chi connectivity index (χ0v) is 13.0. The van der Waals surface area contributed by atoms with Gasteiger partial charge in [-0.25, -0.2) is 4.98 Å². The van der Waals surface area contributed by atoms with Crippen molar-refractivity contribution in [3.8, 4) is 5.75 Å². The Bertz CT molecular complexity index is 672. The van der Waals surface area contributed by atoms with Crippen molar-refractivity contribution in [3.63, 3.8) is 0 Å². The standard InChI is InChI=1S/C16H20N4O2/c1-11(2)7-8-22-14-6-4-5-13(9-14)16(21)17-10-15-18-12(3)19-20-15/h4-7,9H,8,10H2,1-3H3,(H,17,21)(H,18,19,20). The second-order valence-electron chi connectivity index (χ2n) is 5.14. The Morgan fingerprint density at radius 1 is 1.41 bits per heavy atom. The summed E-state index contributed by atoms with van der Waals surface area (Å²) < 4.78 is 5.59. The molecule has 0 atom stereocenters. The van der Waals surface area contributed by atoms with Gasteiger partial charge in [-0.15, -0.1) is 0 Å². The highest BCUT2D eigenvalue weighted by Crippen LogP contribution is 2.13. The average molecular weight is 300 g/mol. The number of aryl methyl sites for hydroxylation is 1. The number of hydrogen-bond donors (Lipinski definition) is 2. The van der Waals surface area contributed by atoms with E-state index in [9.17, 15) is 4.79 Å². The quantitative estimate of drug-likeness (QED) is 0.803. The monoisotopic (exact) mass is 300 g/mol. The number of carbonyl (C=O) groups excluding carboxylic acids is 1. The summed E-state index contributed by atoms with van der Waals surface area (Å²) in [5.41, 5.74) is 1.73. The van der Waals surface area contributed by atoms with Crippen molar-refractivity contribution in [1.82, 2.24) is 20.5 Å². The summed E-state index contributed by atoms with van der Waals surface area (Å²) >= 11 is 0. The average Bonchev–Trinajstić information content (AvgIpc) is 2.90. The molecule has 0 saturated heterocycles. The smallest absolute Gasteiger partial charge is 0.251 e. The molecule has 116 valence electrons. The van der Waals surface area contributed by atoms with E-state index in [1.807, 2.05) is 32.9 Å². The molecule has 0 unspecified atom stereocenters. The van der Waals surface area contributed by atoms with E-state index >= 15 is 0 Å². The maximum absolute atomic E-state index is 12.1. The third-order valence-corrected chi connectivity index (χ3v) is 2.89. The number of aromatic amines is 1. The van der Waals surface area contributed by atoms with Crippen LogP contribution >= 0.6 is 0 Å². The van der Waals surface area contributed by atoms with Gasteiger partial charge in [-0.05, 0) is 45.0 Å². The van der Waals surface area contributed by atoms with Crippen LogP contribution in [0.4, 0.5) is 0 Å². The zero-order valence-electron chi connectivity index (χ0n) is 13.0. The van der Waals surface area contributed by atoms with Gasteiger partial charge in [-0.3, -0.25) is 9.89 Å². The first-order valence-corrected chi connectivity index (χ1v) is 7.07. The molecule has 1 heterocycles. The maximum atomic E-state index is 12.1. The second kappa shape index (κ2) is 7.40. The Morgan fingerprint density at radius 3 is 2.91 bits per heavy atom. The minimum Gasteiger partial charge on any atom is -0.490 e. The predicted octanol–water partition coefficient (Wildman–Crippen LogP) is 2.39. The molecule has 22 heavy (non-hydrogen) atoms. The number of allylic oxidation sites excluding steroid dienone is 1. The van der Waals surface area contributed by atoms with E-state index in [-0.39, 0.29) is 12.5 Å². The van der Waals surface area contributed by atoms with Gasteiger partial charge < -0.3 is 10.1 Å². The molecule has 1 amide bonds. The highest BCUT2D eigenvalue weighted by molar-refractivity contribution is 5.94. The predicted molar refractivity (Wildman–Crippen MR) is 83.7 cm³/mol. The number of nitrogens with one attached hydrogen (secondary N) is 2. The summed E-state index contributed by atoms with van der Waals surface area (Å²) in [5, 5.41) is 9.49. The van der Waals surface area contributed by atoms with E-state index < -0.39 is 0 Å². The Hall–Kier alpha value is -2.63. The molecule has 0 bridgehead atoms. The number of nitrogens with zero attached hydrogens (tertiary/aromatic N) is 2. The molecule has 0 fully saturated rings. The van der Waals surface area contributed by atoms with Crippen molar-refractivity contribution in [2.45, 2.75) is 27.3 Å². The van der Waals surface area contributed by atoms with Crippen LogP contribution in [0, 0.1) is 6.92 Å². The molecule has 0 aliphatic heterocycles. The normalized spacial score (nSPS) is 10.1. The Balaban J connectivity index is 1.93. The van der Waals surface area contributed by atoms with Crippen molar-refractivity contribution < 1.29 is 9.53 Å². The molecular formula is C16H20N4O2. The SMILES string of the molecule is CC(C)=CCOc1cccc(C(=O)NCc2n[nH]c(C)n2)c1. The fourth-order valence-electron chi connectivity index (χ4n) is 1.76. The van der Waals surface area contributed by atoms with Gasteiger partial charge >= 0.3 is 0 Å². The third-order valence-electron chi connectivity index (χ3n) is 2.89. The number of H-pyrrole nitrogens is 1. The summed E-state index contributed by atoms with van der Waals surface area (Å²) in [7, 11) is 0. The van der Waals surface area contributed by atoms with E-state index in [4.69, 9.17) is 4.74 Å². The van der Waals surface area contributed by atoms with Crippen LogP contribution in [0.15, 0.2) is 35.9 Å². The molecule has 0 aliphatic carbocycles. The molecular weight excluding hydrogens is 280 g/mol. The van der Waals surface area contributed by atoms with Gasteiger partial charge in [0.1, 0.15) is 18.2 Å². The molecule has 6 nitrogen and oxygen atoms in total. The third kappa shape index (κ3) is 4.73. The van der Waals surface area contributed by atoms with Crippen LogP contribution in [0.3, 0.4) is 0 Å². The van der Waals surface area contributed by atoms with Gasteiger partial charge in [0.15, 0.2) is 5.82 Å². The summed E-state index contributed by atoms with van der Waals surface area (Å²) in [5.74, 6) is 1.76. The Morgan fingerprint density at radius 2 is 2.23 bits per heavy atom. The van der Waals surface area contributed by atoms with Gasteiger partial charge in [-0.2, -0.15) is 5.10 Å². The molecule has 2 aromatic rings. The minimum absolute atomic E-state index is 0.185. The van der Waals surface area contributed by atoms with Gasteiger partial charge in [-0.1, -0.05) is 11.6 Å². The summed E-state index contributed by atoms with van der Waals surface area (Å²) in [6.07, 6.45) is 1.98. The molecule has 0 spiro atoms. The largest absolute Gasteiger partial charge is 0.490 e. The lowest BCUT2D eigenvalue weighted by atomic mass is 10.2. The molecule has 1 aromatic heterocycles. The van der Waals surface area contributed by atoms with E-state index in [0.717, 1.165) is 5.82 Å². The first-order valence-electron chi connectivity index (χ1n) is 7.07. The Kier molecular flexibility index (Phi) is 5.30. The Labute approximate surface area is 129 Å². The first kappa shape index (κ1) is 15.8. The van der Waals surface area contributed by atoms with E-state index in [1.165, 1.54) is 5.57 Å². The van der Waals surface area contributed by atoms with Crippen molar-refractivity contribution in [1.29, 1.82) is 0 Å². The molecule has 6 heteroatoms. The summed E-state index contributed by atoms with van der Waals surface area (Å²) in [6.45, 7) is 6.61. The molecule has 1 aromatic carbocycles. The lowest BCUT2D eigenvalue weighted by molar-refractivity contribution is 0.0949. The molecule has 0 saturated carbocycles. The van der Waals surface area contributed by atoms with Crippen LogP contribution in [0.5, 0.6) is 5.75 Å². The number of amides is 1. The number of ether oxygens (including phenoxy) is 1. The molecule has 2 rings (SSSR count). The van der Waals surface area contributed by atoms with Crippen LogP contribution in [0.25, 0.3) is 0 Å². The lowest BCUT2D eigenvalue weighted by Crippen LogP contribution is -2.23. The van der Waals surface area contributed by atoms with Crippen LogP contribution in [-0.2, 0) is 6.54 Å². The van der Waals surface area contributed by atoms with E-state index in [1.54, 1.807) is 18.2 Å². The zero-order chi connectivity index (χ0) is 15.9. The lowest BCUT2D eigenvalue weighted by Gasteiger charge is -2.07. The van der Waals surface area contributed by atoms with Crippen molar-refractivity contribution in [2.75, 3.05) is 6.61 Å². The highest BCUT2D eigenvalue weighted by atomic mass is 16.5.